The van der Waals surface area contributed by atoms with Crippen LogP contribution in [-0.4, -0.2) is 72.1 Å². The number of carbonyl (C=O) groups is 3. The van der Waals surface area contributed by atoms with E-state index in [2.05, 4.69) is 0 Å². The Balaban J connectivity index is 0. The molecule has 1 aromatic carbocycles. The number of phenols is 1. The van der Waals surface area contributed by atoms with E-state index < -0.39 is 77.3 Å². The summed E-state index contributed by atoms with van der Waals surface area (Å²) in [5, 5.41) is 68.8. The summed E-state index contributed by atoms with van der Waals surface area (Å²) in [6.07, 6.45) is -0.0417. The number of nitro groups is 6. The lowest BCUT2D eigenvalue weighted by Gasteiger charge is -1.97. The second kappa shape index (κ2) is 14.4. The number of phenolic OH excluding ortho intramolecular Hbond substituents is 1. The first-order valence-corrected chi connectivity index (χ1v) is 7.68. The Morgan fingerprint density at radius 2 is 1.12 bits per heavy atom. The molecule has 0 heterocycles. The zero-order valence-electron chi connectivity index (χ0n) is 16.1. The van der Waals surface area contributed by atoms with Crippen molar-refractivity contribution in [3.05, 3.63) is 72.8 Å². The Morgan fingerprint density at radius 3 is 1.29 bits per heavy atom. The van der Waals surface area contributed by atoms with Crippen LogP contribution in [0.5, 0.6) is 5.75 Å². The van der Waals surface area contributed by atoms with Crippen molar-refractivity contribution in [1.82, 2.24) is 0 Å². The molecule has 1 N–H and O–H groups in total. The van der Waals surface area contributed by atoms with Gasteiger partial charge in [-0.05, 0) is 0 Å². The average molecular weight is 494 g/mol. The molecule has 22 heteroatoms. The molecule has 0 spiro atoms. The van der Waals surface area contributed by atoms with Gasteiger partial charge in [0.15, 0.2) is 0 Å². The Bertz CT molecular complexity index is 961. The van der Waals surface area contributed by atoms with E-state index in [0.29, 0.717) is 12.1 Å². The molecule has 0 saturated heterocycles. The van der Waals surface area contributed by atoms with E-state index in [9.17, 15) is 75.1 Å². The van der Waals surface area contributed by atoms with Crippen molar-refractivity contribution >= 4 is 35.4 Å². The lowest BCUT2D eigenvalue weighted by Crippen LogP contribution is -2.21. The molecular formula is C12H10N6O16. The predicted octanol–water partition coefficient (Wildman–Crippen LogP) is -0.745. The van der Waals surface area contributed by atoms with E-state index in [1.165, 1.54) is 0 Å². The Labute approximate surface area is 183 Å². The third-order valence-corrected chi connectivity index (χ3v) is 2.79. The van der Waals surface area contributed by atoms with Crippen LogP contribution in [0.2, 0.25) is 0 Å². The second-order valence-corrected chi connectivity index (χ2v) is 5.17. The van der Waals surface area contributed by atoms with E-state index in [4.69, 9.17) is 5.11 Å². The van der Waals surface area contributed by atoms with Crippen molar-refractivity contribution in [3.63, 3.8) is 0 Å². The molecule has 1 aromatic rings. The van der Waals surface area contributed by atoms with Crippen molar-refractivity contribution in [3.8, 4) is 5.75 Å². The minimum absolute atomic E-state index is 0.0208. The molecule has 0 aromatic heterocycles. The van der Waals surface area contributed by atoms with Crippen LogP contribution in [0.3, 0.4) is 0 Å². The molecule has 0 unspecified atom stereocenters. The van der Waals surface area contributed by atoms with Crippen molar-refractivity contribution < 1.29 is 49.0 Å². The van der Waals surface area contributed by atoms with Crippen molar-refractivity contribution in [2.24, 2.45) is 0 Å². The van der Waals surface area contributed by atoms with Gasteiger partial charge in [0.05, 0.1) is 26.9 Å². The Hall–Kier alpha value is -5.57. The van der Waals surface area contributed by atoms with Crippen LogP contribution in [0, 0.1) is 60.7 Å². The first kappa shape index (κ1) is 30.6. The standard InChI is InChI=1S/C6H3N3O7.C3H4N2O5.C3H3NO4/c10-6-4(8(13)14)1-3(7(11)12)2-5(6)9(15)16;6-3(1-4(7)8)2-5(9)10;5-1-3(2-6)4(7)8/h1-2,10H;1-2H2;1-3H. The van der Waals surface area contributed by atoms with Gasteiger partial charge in [0.25, 0.3) is 30.3 Å². The minimum Gasteiger partial charge on any atom is -0.497 e. The summed E-state index contributed by atoms with van der Waals surface area (Å²) >= 11 is 0. The van der Waals surface area contributed by atoms with Crippen LogP contribution in [0.25, 0.3) is 0 Å². The number of ketones is 1. The number of non-ortho nitro benzene ring substituents is 1. The van der Waals surface area contributed by atoms with Crippen LogP contribution >= 0.6 is 0 Å². The molecular weight excluding hydrogens is 484 g/mol. The second-order valence-electron chi connectivity index (χ2n) is 5.17. The number of rotatable bonds is 10. The fourth-order valence-electron chi connectivity index (χ4n) is 1.44. The summed E-state index contributed by atoms with van der Waals surface area (Å²) in [5.41, 5.74) is -3.00. The summed E-state index contributed by atoms with van der Waals surface area (Å²) in [6.45, 7) is -1.94. The molecule has 0 saturated carbocycles. The van der Waals surface area contributed by atoms with Crippen molar-refractivity contribution in [1.29, 1.82) is 0 Å². The highest BCUT2D eigenvalue weighted by Gasteiger charge is 2.30. The molecule has 0 aliphatic heterocycles. The van der Waals surface area contributed by atoms with Crippen LogP contribution in [0.1, 0.15) is 0 Å². The van der Waals surface area contributed by atoms with Gasteiger partial charge in [0.2, 0.25) is 12.6 Å². The van der Waals surface area contributed by atoms with Gasteiger partial charge in [0, 0.05) is 14.8 Å². The number of hydrogen-bond acceptors (Lipinski definition) is 16. The summed E-state index contributed by atoms with van der Waals surface area (Å²) < 4.78 is 0. The first-order chi connectivity index (χ1) is 15.6. The molecule has 34 heavy (non-hydrogen) atoms. The zero-order valence-corrected chi connectivity index (χ0v) is 16.1. The van der Waals surface area contributed by atoms with E-state index in [1.54, 1.807) is 0 Å². The van der Waals surface area contributed by atoms with Crippen LogP contribution < -0.4 is 0 Å². The van der Waals surface area contributed by atoms with Gasteiger partial charge >= 0.3 is 17.4 Å². The van der Waals surface area contributed by atoms with E-state index >= 15 is 0 Å². The fraction of sp³-hybridized carbons (Fsp3) is 0.250. The largest absolute Gasteiger partial charge is 0.497 e. The predicted molar refractivity (Wildman–Crippen MR) is 99.7 cm³/mol. The number of nitrogens with zero attached hydrogens (tertiary/aromatic N) is 6. The quantitative estimate of drug-likeness (QED) is 0.181. The smallest absolute Gasteiger partial charge is 0.324 e. The SMILES string of the molecule is O=C(C[N+](=O)[O-])C[N+](=O)[O-].O=CC(C=O)[N+](=O)[O-].O=[N+]([O-])c1cc([N+](=O)[O-])c(O)c([N+](=O)[O-])c1. The number of Topliss-reactive ketones (excluding diaryl/α,β-unsaturated/α-hetero) is 1. The van der Waals surface area contributed by atoms with E-state index in [0.717, 1.165) is 0 Å². The maximum atomic E-state index is 10.4. The molecule has 0 aliphatic rings. The molecule has 0 bridgehead atoms. The lowest BCUT2D eigenvalue weighted by molar-refractivity contribution is -0.489. The van der Waals surface area contributed by atoms with Gasteiger partial charge in [-0.3, -0.25) is 75.1 Å². The highest BCUT2D eigenvalue weighted by Crippen LogP contribution is 2.38. The van der Waals surface area contributed by atoms with E-state index in [1.807, 2.05) is 0 Å². The van der Waals surface area contributed by atoms with Crippen molar-refractivity contribution in [2.45, 2.75) is 6.04 Å². The molecule has 22 nitrogen and oxygen atoms in total. The van der Waals surface area contributed by atoms with Crippen LogP contribution in [-0.2, 0) is 14.4 Å². The monoisotopic (exact) mass is 494 g/mol. The van der Waals surface area contributed by atoms with Gasteiger partial charge in [0.1, 0.15) is 0 Å². The van der Waals surface area contributed by atoms with Gasteiger partial charge in [-0.25, -0.2) is 0 Å². The zero-order chi connectivity index (χ0) is 27.2. The fourth-order valence-corrected chi connectivity index (χ4v) is 1.44. The highest BCUT2D eigenvalue weighted by molar-refractivity contribution is 5.80. The third kappa shape index (κ3) is 11.6. The maximum Gasteiger partial charge on any atom is 0.324 e. The number of nitro benzene ring substituents is 3. The Kier molecular flexibility index (Phi) is 13.0. The maximum absolute atomic E-state index is 10.4. The summed E-state index contributed by atoms with van der Waals surface area (Å²) in [6, 6.07) is -0.792. The highest BCUT2D eigenvalue weighted by atomic mass is 16.6. The summed E-state index contributed by atoms with van der Waals surface area (Å²) in [4.78, 5) is 82.8. The van der Waals surface area contributed by atoms with Gasteiger partial charge < -0.3 is 5.11 Å². The van der Waals surface area contributed by atoms with E-state index in [-0.39, 0.29) is 12.6 Å². The molecule has 0 aliphatic carbocycles. The Morgan fingerprint density at radius 1 is 0.765 bits per heavy atom. The van der Waals surface area contributed by atoms with Crippen LogP contribution in [0.4, 0.5) is 17.1 Å². The number of aldehydes is 2. The number of benzene rings is 1. The van der Waals surface area contributed by atoms with Gasteiger partial charge in [-0.15, -0.1) is 0 Å². The lowest BCUT2D eigenvalue weighted by atomic mass is 10.2. The minimum atomic E-state index is -1.69. The van der Waals surface area contributed by atoms with Crippen LogP contribution in [0.15, 0.2) is 12.1 Å². The molecule has 0 atom stereocenters. The number of hydrogen-bond donors (Lipinski definition) is 1. The number of aromatic hydroxyl groups is 1. The first-order valence-electron chi connectivity index (χ1n) is 7.68. The van der Waals surface area contributed by atoms with Gasteiger partial charge in [-0.2, -0.15) is 0 Å². The summed E-state index contributed by atoms with van der Waals surface area (Å²) in [5.74, 6) is -2.20. The molecule has 1 rings (SSSR count). The average Bonchev–Trinajstić information content (AvgIpc) is 2.67. The summed E-state index contributed by atoms with van der Waals surface area (Å²) in [7, 11) is 0. The normalized spacial score (nSPS) is 9.21. The third-order valence-electron chi connectivity index (χ3n) is 2.79. The molecule has 0 fully saturated rings. The molecule has 0 radical (unpaired) electrons. The van der Waals surface area contributed by atoms with Gasteiger partial charge in [-0.1, -0.05) is 0 Å². The molecule has 184 valence electrons. The topological polar surface area (TPSA) is 330 Å². The van der Waals surface area contributed by atoms with Crippen molar-refractivity contribution in [2.75, 3.05) is 13.1 Å². The molecule has 0 amide bonds. The number of carbonyl (C=O) groups excluding carboxylic acids is 3.